The van der Waals surface area contributed by atoms with Crippen molar-refractivity contribution in [1.29, 1.82) is 5.26 Å². The highest BCUT2D eigenvalue weighted by molar-refractivity contribution is 5.71. The van der Waals surface area contributed by atoms with Gasteiger partial charge in [-0.2, -0.15) is 10.2 Å². The van der Waals surface area contributed by atoms with E-state index >= 15 is 0 Å². The molecular formula is C18H15FN6. The van der Waals surface area contributed by atoms with Crippen LogP contribution in [0.15, 0.2) is 48.5 Å². The van der Waals surface area contributed by atoms with E-state index in [0.29, 0.717) is 29.2 Å². The van der Waals surface area contributed by atoms with Gasteiger partial charge >= 0.3 is 0 Å². The van der Waals surface area contributed by atoms with Crippen LogP contribution in [0, 0.1) is 11.3 Å². The third kappa shape index (κ3) is 2.68. The van der Waals surface area contributed by atoms with Gasteiger partial charge in [-0.05, 0) is 23.8 Å². The monoisotopic (exact) mass is 334 g/mol. The maximum absolute atomic E-state index is 14.4. The quantitative estimate of drug-likeness (QED) is 0.715. The van der Waals surface area contributed by atoms with Crippen LogP contribution in [0.4, 0.5) is 21.7 Å². The Morgan fingerprint density at radius 1 is 1.24 bits per heavy atom. The SMILES string of the molecule is N#Cc1ccc(Nc2nc3n(n2)C(c2ccccc2)CC3F)c(N)c1. The van der Waals surface area contributed by atoms with Gasteiger partial charge in [0.2, 0.25) is 5.95 Å². The number of rotatable bonds is 3. The maximum atomic E-state index is 14.4. The number of nitrogens with zero attached hydrogens (tertiary/aromatic N) is 4. The van der Waals surface area contributed by atoms with Gasteiger partial charge in [0.05, 0.1) is 29.0 Å². The lowest BCUT2D eigenvalue weighted by atomic mass is 10.0. The number of hydrogen-bond donors (Lipinski definition) is 2. The van der Waals surface area contributed by atoms with Crippen LogP contribution in [0.1, 0.15) is 35.6 Å². The van der Waals surface area contributed by atoms with Gasteiger partial charge in [-0.15, -0.1) is 5.10 Å². The molecule has 3 N–H and O–H groups in total. The first kappa shape index (κ1) is 15.1. The Hall–Kier alpha value is -3.40. The molecule has 2 heterocycles. The van der Waals surface area contributed by atoms with Gasteiger partial charge in [0, 0.05) is 6.42 Å². The molecule has 3 aromatic rings. The van der Waals surface area contributed by atoms with Gasteiger partial charge in [-0.1, -0.05) is 30.3 Å². The number of aromatic nitrogens is 3. The number of nitrogen functional groups attached to an aromatic ring is 1. The van der Waals surface area contributed by atoms with Crippen LogP contribution < -0.4 is 11.1 Å². The predicted octanol–water partition coefficient (Wildman–Crippen LogP) is 3.48. The Labute approximate surface area is 143 Å². The highest BCUT2D eigenvalue weighted by Gasteiger charge is 2.35. The lowest BCUT2D eigenvalue weighted by molar-refractivity contribution is 0.329. The second-order valence-electron chi connectivity index (χ2n) is 5.91. The molecule has 0 spiro atoms. The summed E-state index contributed by atoms with van der Waals surface area (Å²) in [5.41, 5.74) is 8.39. The molecule has 0 amide bonds. The first-order valence-electron chi connectivity index (χ1n) is 7.88. The van der Waals surface area contributed by atoms with Crippen molar-refractivity contribution in [3.63, 3.8) is 0 Å². The van der Waals surface area contributed by atoms with E-state index in [2.05, 4.69) is 15.4 Å². The van der Waals surface area contributed by atoms with E-state index in [9.17, 15) is 4.39 Å². The van der Waals surface area contributed by atoms with Crippen molar-refractivity contribution in [2.24, 2.45) is 0 Å². The number of nitrogens with two attached hydrogens (primary N) is 1. The third-order valence-electron chi connectivity index (χ3n) is 4.27. The summed E-state index contributed by atoms with van der Waals surface area (Å²) in [6.45, 7) is 0. The third-order valence-corrected chi connectivity index (χ3v) is 4.27. The summed E-state index contributed by atoms with van der Waals surface area (Å²) in [6, 6.07) is 16.4. The smallest absolute Gasteiger partial charge is 0.246 e. The van der Waals surface area contributed by atoms with Crippen LogP contribution in [0.2, 0.25) is 0 Å². The lowest BCUT2D eigenvalue weighted by Gasteiger charge is -2.11. The van der Waals surface area contributed by atoms with Gasteiger partial charge in [0.15, 0.2) is 12.0 Å². The molecule has 6 nitrogen and oxygen atoms in total. The van der Waals surface area contributed by atoms with E-state index in [0.717, 1.165) is 5.56 Å². The largest absolute Gasteiger partial charge is 0.397 e. The zero-order chi connectivity index (χ0) is 17.4. The number of alkyl halides is 1. The molecule has 0 fully saturated rings. The molecule has 1 aliphatic heterocycles. The van der Waals surface area contributed by atoms with Crippen molar-refractivity contribution in [1.82, 2.24) is 14.8 Å². The molecule has 1 aromatic heterocycles. The Morgan fingerprint density at radius 2 is 2.04 bits per heavy atom. The Kier molecular flexibility index (Phi) is 3.58. The van der Waals surface area contributed by atoms with E-state index in [1.807, 2.05) is 36.4 Å². The van der Waals surface area contributed by atoms with E-state index in [1.54, 1.807) is 22.9 Å². The number of nitrogens with one attached hydrogen (secondary N) is 1. The number of halogens is 1. The fourth-order valence-electron chi connectivity index (χ4n) is 3.05. The van der Waals surface area contributed by atoms with E-state index < -0.39 is 6.17 Å². The minimum Gasteiger partial charge on any atom is -0.397 e. The molecular weight excluding hydrogens is 319 g/mol. The van der Waals surface area contributed by atoms with Gasteiger partial charge in [0.1, 0.15) is 0 Å². The van der Waals surface area contributed by atoms with Gasteiger partial charge in [-0.25, -0.2) is 9.07 Å². The molecule has 2 unspecified atom stereocenters. The topological polar surface area (TPSA) is 92.5 Å². The zero-order valence-corrected chi connectivity index (χ0v) is 13.2. The molecule has 0 radical (unpaired) electrons. The molecule has 0 saturated heterocycles. The molecule has 0 aliphatic carbocycles. The van der Waals surface area contributed by atoms with Gasteiger partial charge in [0.25, 0.3) is 0 Å². The molecule has 25 heavy (non-hydrogen) atoms. The zero-order valence-electron chi connectivity index (χ0n) is 13.2. The van der Waals surface area contributed by atoms with Crippen LogP contribution >= 0.6 is 0 Å². The standard InChI is InChI=1S/C18H15FN6/c19-13-9-16(12-4-2-1-3-5-12)25-17(13)23-18(24-25)22-15-7-6-11(10-20)8-14(15)21/h1-8,13,16H,9,21H2,(H,22,24). The molecule has 7 heteroatoms. The van der Waals surface area contributed by atoms with Crippen molar-refractivity contribution in [2.75, 3.05) is 11.1 Å². The number of anilines is 3. The van der Waals surface area contributed by atoms with E-state index in [-0.39, 0.29) is 12.0 Å². The number of benzene rings is 2. The fourth-order valence-corrected chi connectivity index (χ4v) is 3.05. The van der Waals surface area contributed by atoms with Crippen LogP contribution in [0.25, 0.3) is 0 Å². The van der Waals surface area contributed by atoms with Crippen LogP contribution in [0.5, 0.6) is 0 Å². The lowest BCUT2D eigenvalue weighted by Crippen LogP contribution is -2.08. The molecule has 4 rings (SSSR count). The minimum atomic E-state index is -1.16. The summed E-state index contributed by atoms with van der Waals surface area (Å²) >= 11 is 0. The van der Waals surface area contributed by atoms with Crippen molar-refractivity contribution in [3.05, 3.63) is 65.5 Å². The first-order chi connectivity index (χ1) is 12.2. The average molecular weight is 334 g/mol. The predicted molar refractivity (Wildman–Crippen MR) is 91.9 cm³/mol. The van der Waals surface area contributed by atoms with Crippen molar-refractivity contribution in [3.8, 4) is 6.07 Å². The van der Waals surface area contributed by atoms with Crippen molar-refractivity contribution >= 4 is 17.3 Å². The summed E-state index contributed by atoms with van der Waals surface area (Å²) < 4.78 is 16.0. The van der Waals surface area contributed by atoms with E-state index in [1.165, 1.54) is 0 Å². The number of hydrogen-bond acceptors (Lipinski definition) is 5. The van der Waals surface area contributed by atoms with Crippen LogP contribution in [-0.4, -0.2) is 14.8 Å². The summed E-state index contributed by atoms with van der Waals surface area (Å²) in [6.07, 6.45) is -0.829. The summed E-state index contributed by atoms with van der Waals surface area (Å²) in [4.78, 5) is 4.27. The van der Waals surface area contributed by atoms with E-state index in [4.69, 9.17) is 11.0 Å². The maximum Gasteiger partial charge on any atom is 0.246 e. The first-order valence-corrected chi connectivity index (χ1v) is 7.88. The molecule has 2 atom stereocenters. The minimum absolute atomic E-state index is 0.174. The van der Waals surface area contributed by atoms with Gasteiger partial charge < -0.3 is 11.1 Å². The highest BCUT2D eigenvalue weighted by atomic mass is 19.1. The fraction of sp³-hybridized carbons (Fsp3) is 0.167. The van der Waals surface area contributed by atoms with Crippen molar-refractivity contribution in [2.45, 2.75) is 18.6 Å². The second-order valence-corrected chi connectivity index (χ2v) is 5.91. The highest BCUT2D eigenvalue weighted by Crippen LogP contribution is 2.40. The molecule has 0 bridgehead atoms. The average Bonchev–Trinajstić information content (AvgIpc) is 3.17. The van der Waals surface area contributed by atoms with Gasteiger partial charge in [-0.3, -0.25) is 0 Å². The summed E-state index contributed by atoms with van der Waals surface area (Å²) in [7, 11) is 0. The molecule has 0 saturated carbocycles. The summed E-state index contributed by atoms with van der Waals surface area (Å²) in [5, 5.41) is 16.3. The Balaban J connectivity index is 1.64. The number of nitriles is 1. The number of fused-ring (bicyclic) bond motifs is 1. The summed E-state index contributed by atoms with van der Waals surface area (Å²) in [5.74, 6) is 0.596. The van der Waals surface area contributed by atoms with Crippen molar-refractivity contribution < 1.29 is 4.39 Å². The molecule has 2 aromatic carbocycles. The second kappa shape index (κ2) is 5.91. The molecule has 124 valence electrons. The Morgan fingerprint density at radius 3 is 2.76 bits per heavy atom. The van der Waals surface area contributed by atoms with Crippen LogP contribution in [-0.2, 0) is 0 Å². The molecule has 1 aliphatic rings. The van der Waals surface area contributed by atoms with Crippen LogP contribution in [0.3, 0.4) is 0 Å². The normalized spacial score (nSPS) is 18.6. The Bertz CT molecular complexity index is 959.